The number of ether oxygens (including phenoxy) is 1. The van der Waals surface area contributed by atoms with Crippen molar-refractivity contribution < 1.29 is 18.0 Å². The molecule has 0 saturated carbocycles. The summed E-state index contributed by atoms with van der Waals surface area (Å²) in [6.45, 7) is -0.887. The van der Waals surface area contributed by atoms with E-state index in [-0.39, 0.29) is 29.1 Å². The molecule has 0 radical (unpaired) electrons. The van der Waals surface area contributed by atoms with Crippen molar-refractivity contribution in [3.63, 3.8) is 0 Å². The summed E-state index contributed by atoms with van der Waals surface area (Å²) < 4.78 is 37.6. The molecule has 0 fully saturated rings. The standard InChI is InChI=1S/C18H12ClF2N5O2/c19-17-16(27-10-20)8-22-18(23-17)14-7-15(13-5-6-28-25-13)26(24-14)9-11-3-1-2-4-12(11)21/h1-8H,9-10H2. The average molecular weight is 404 g/mol. The van der Waals surface area contributed by atoms with Gasteiger partial charge in [0, 0.05) is 11.6 Å². The molecule has 7 nitrogen and oxygen atoms in total. The molecule has 0 spiro atoms. The van der Waals surface area contributed by atoms with Crippen molar-refractivity contribution in [2.24, 2.45) is 0 Å². The summed E-state index contributed by atoms with van der Waals surface area (Å²) in [5, 5.41) is 8.33. The van der Waals surface area contributed by atoms with Gasteiger partial charge in [0.15, 0.2) is 16.7 Å². The molecule has 0 aliphatic carbocycles. The highest BCUT2D eigenvalue weighted by molar-refractivity contribution is 6.30. The molecule has 1 aromatic carbocycles. The lowest BCUT2D eigenvalue weighted by Gasteiger charge is -2.06. The van der Waals surface area contributed by atoms with Gasteiger partial charge in [0.2, 0.25) is 6.86 Å². The zero-order valence-electron chi connectivity index (χ0n) is 14.2. The molecule has 0 saturated heterocycles. The monoisotopic (exact) mass is 403 g/mol. The topological polar surface area (TPSA) is 78.9 Å². The van der Waals surface area contributed by atoms with Gasteiger partial charge in [0.05, 0.1) is 18.4 Å². The minimum atomic E-state index is -1.05. The van der Waals surface area contributed by atoms with E-state index in [1.54, 1.807) is 35.0 Å². The average Bonchev–Trinajstić information content (AvgIpc) is 3.35. The number of alkyl halides is 1. The van der Waals surface area contributed by atoms with Crippen LogP contribution in [0.5, 0.6) is 5.75 Å². The second-order valence-electron chi connectivity index (χ2n) is 5.65. The van der Waals surface area contributed by atoms with Crippen LogP contribution in [0.3, 0.4) is 0 Å². The zero-order chi connectivity index (χ0) is 19.5. The Kier molecular flexibility index (Phi) is 4.98. The van der Waals surface area contributed by atoms with Crippen LogP contribution in [0.25, 0.3) is 22.9 Å². The number of aromatic nitrogens is 5. The van der Waals surface area contributed by atoms with Crippen LogP contribution >= 0.6 is 11.6 Å². The number of nitrogens with zero attached hydrogens (tertiary/aromatic N) is 5. The molecule has 0 N–H and O–H groups in total. The zero-order valence-corrected chi connectivity index (χ0v) is 15.0. The van der Waals surface area contributed by atoms with Gasteiger partial charge in [0.1, 0.15) is 23.5 Å². The van der Waals surface area contributed by atoms with E-state index >= 15 is 0 Å². The first-order chi connectivity index (χ1) is 13.7. The summed E-state index contributed by atoms with van der Waals surface area (Å²) in [4.78, 5) is 8.20. The summed E-state index contributed by atoms with van der Waals surface area (Å²) in [7, 11) is 0. The first kappa shape index (κ1) is 18.1. The highest BCUT2D eigenvalue weighted by Gasteiger charge is 2.18. The molecular weight excluding hydrogens is 392 g/mol. The van der Waals surface area contributed by atoms with Crippen molar-refractivity contribution in [2.45, 2.75) is 6.54 Å². The third kappa shape index (κ3) is 3.56. The normalized spacial score (nSPS) is 11.0. The molecule has 4 rings (SSSR count). The van der Waals surface area contributed by atoms with Gasteiger partial charge in [0.25, 0.3) is 0 Å². The molecule has 142 valence electrons. The number of benzene rings is 1. The van der Waals surface area contributed by atoms with Crippen LogP contribution in [0.1, 0.15) is 5.56 Å². The van der Waals surface area contributed by atoms with Crippen LogP contribution in [0.2, 0.25) is 5.15 Å². The van der Waals surface area contributed by atoms with Gasteiger partial charge in [-0.15, -0.1) is 0 Å². The molecular formula is C18H12ClF2N5O2. The quantitative estimate of drug-likeness (QED) is 0.450. The Labute approximate surface area is 162 Å². The molecule has 0 bridgehead atoms. The predicted molar refractivity (Wildman–Crippen MR) is 95.9 cm³/mol. The lowest BCUT2D eigenvalue weighted by Crippen LogP contribution is -2.06. The minimum absolute atomic E-state index is 0.0235. The highest BCUT2D eigenvalue weighted by atomic mass is 35.5. The van der Waals surface area contributed by atoms with Crippen LogP contribution in [0.15, 0.2) is 53.4 Å². The van der Waals surface area contributed by atoms with E-state index < -0.39 is 6.86 Å². The lowest BCUT2D eigenvalue weighted by atomic mass is 10.2. The molecule has 3 heterocycles. The third-order valence-electron chi connectivity index (χ3n) is 3.91. The van der Waals surface area contributed by atoms with Crippen molar-refractivity contribution in [2.75, 3.05) is 6.86 Å². The third-order valence-corrected chi connectivity index (χ3v) is 4.18. The van der Waals surface area contributed by atoms with Crippen LogP contribution in [0.4, 0.5) is 8.78 Å². The molecule has 0 atom stereocenters. The molecule has 0 unspecified atom stereocenters. The van der Waals surface area contributed by atoms with Gasteiger partial charge >= 0.3 is 0 Å². The Morgan fingerprint density at radius 1 is 1.18 bits per heavy atom. The first-order valence-corrected chi connectivity index (χ1v) is 8.47. The Bertz CT molecular complexity index is 1100. The van der Waals surface area contributed by atoms with E-state index in [9.17, 15) is 8.78 Å². The van der Waals surface area contributed by atoms with E-state index in [4.69, 9.17) is 20.9 Å². The Morgan fingerprint density at radius 2 is 2.04 bits per heavy atom. The number of hydrogen-bond donors (Lipinski definition) is 0. The number of halogens is 3. The summed E-state index contributed by atoms with van der Waals surface area (Å²) in [5.41, 5.74) is 1.92. The Hall–Kier alpha value is -3.33. The maximum atomic E-state index is 14.1. The maximum absolute atomic E-state index is 14.1. The summed E-state index contributed by atoms with van der Waals surface area (Å²) in [5.74, 6) is -0.124. The number of rotatable bonds is 6. The molecule has 3 aromatic heterocycles. The van der Waals surface area contributed by atoms with E-state index in [0.29, 0.717) is 22.6 Å². The maximum Gasteiger partial charge on any atom is 0.228 e. The SMILES string of the molecule is FCOc1cnc(-c2cc(-c3ccon3)n(Cc3ccccc3F)n2)nc1Cl. The van der Waals surface area contributed by atoms with Crippen molar-refractivity contribution in [3.8, 4) is 28.7 Å². The van der Waals surface area contributed by atoms with E-state index in [1.807, 2.05) is 0 Å². The van der Waals surface area contributed by atoms with Crippen molar-refractivity contribution in [1.82, 2.24) is 24.9 Å². The van der Waals surface area contributed by atoms with Crippen molar-refractivity contribution >= 4 is 11.6 Å². The van der Waals surface area contributed by atoms with Gasteiger partial charge in [-0.25, -0.2) is 18.7 Å². The fourth-order valence-corrected chi connectivity index (χ4v) is 2.80. The van der Waals surface area contributed by atoms with Crippen LogP contribution in [-0.2, 0) is 6.54 Å². The summed E-state index contributed by atoms with van der Waals surface area (Å²) in [6, 6.07) is 9.74. The fraction of sp³-hybridized carbons (Fsp3) is 0.111. The van der Waals surface area contributed by atoms with E-state index in [2.05, 4.69) is 20.2 Å². The van der Waals surface area contributed by atoms with Gasteiger partial charge < -0.3 is 9.26 Å². The molecule has 4 aromatic rings. The van der Waals surface area contributed by atoms with Crippen molar-refractivity contribution in [3.05, 3.63) is 65.4 Å². The molecule has 10 heteroatoms. The largest absolute Gasteiger partial charge is 0.458 e. The fourth-order valence-electron chi connectivity index (χ4n) is 2.61. The molecule has 28 heavy (non-hydrogen) atoms. The number of hydrogen-bond acceptors (Lipinski definition) is 6. The minimum Gasteiger partial charge on any atom is -0.458 e. The summed E-state index contributed by atoms with van der Waals surface area (Å²) >= 11 is 6.00. The van der Waals surface area contributed by atoms with Crippen LogP contribution in [0, 0.1) is 5.82 Å². The van der Waals surface area contributed by atoms with E-state index in [0.717, 1.165) is 0 Å². The summed E-state index contributed by atoms with van der Waals surface area (Å²) in [6.07, 6.45) is 2.68. The van der Waals surface area contributed by atoms with Crippen LogP contribution in [-0.4, -0.2) is 31.8 Å². The van der Waals surface area contributed by atoms with Gasteiger partial charge in [-0.05, 0) is 12.1 Å². The van der Waals surface area contributed by atoms with Gasteiger partial charge in [-0.3, -0.25) is 4.68 Å². The molecule has 0 aliphatic rings. The van der Waals surface area contributed by atoms with Crippen LogP contribution < -0.4 is 4.74 Å². The smallest absolute Gasteiger partial charge is 0.228 e. The van der Waals surface area contributed by atoms with Gasteiger partial charge in [-0.1, -0.05) is 35.0 Å². The second kappa shape index (κ2) is 7.73. The Morgan fingerprint density at radius 3 is 2.75 bits per heavy atom. The van der Waals surface area contributed by atoms with Gasteiger partial charge in [-0.2, -0.15) is 5.10 Å². The lowest BCUT2D eigenvalue weighted by molar-refractivity contribution is 0.190. The Balaban J connectivity index is 1.76. The highest BCUT2D eigenvalue weighted by Crippen LogP contribution is 2.28. The predicted octanol–water partition coefficient (Wildman–Crippen LogP) is 4.14. The molecule has 0 amide bonds. The van der Waals surface area contributed by atoms with E-state index in [1.165, 1.54) is 18.5 Å². The molecule has 0 aliphatic heterocycles. The second-order valence-corrected chi connectivity index (χ2v) is 6.01. The first-order valence-electron chi connectivity index (χ1n) is 8.09. The van der Waals surface area contributed by atoms with Crippen molar-refractivity contribution in [1.29, 1.82) is 0 Å².